The number of likely N-dealkylation sites (N-methyl/N-ethyl adjacent to an activating group) is 1. The van der Waals surface area contributed by atoms with Crippen molar-refractivity contribution in [3.8, 4) is 0 Å². The van der Waals surface area contributed by atoms with Gasteiger partial charge in [0.15, 0.2) is 0 Å². The third kappa shape index (κ3) is 4.39. The third-order valence-electron chi connectivity index (χ3n) is 5.88. The lowest BCUT2D eigenvalue weighted by molar-refractivity contribution is -0.115. The SMILES string of the molecule is CC(=O)N(c1ccccc1)c1ccccc1N(C)[C@@H]1CCN(Cc2ccccc2)C1. The van der Waals surface area contributed by atoms with Crippen molar-refractivity contribution in [1.29, 1.82) is 0 Å². The number of carbonyl (C=O) groups is 1. The second-order valence-corrected chi connectivity index (χ2v) is 7.95. The average Bonchev–Trinajstić information content (AvgIpc) is 3.23. The van der Waals surface area contributed by atoms with Gasteiger partial charge >= 0.3 is 0 Å². The van der Waals surface area contributed by atoms with Crippen molar-refractivity contribution in [2.24, 2.45) is 0 Å². The minimum absolute atomic E-state index is 0.0131. The molecule has 1 aliphatic heterocycles. The van der Waals surface area contributed by atoms with E-state index in [9.17, 15) is 4.79 Å². The van der Waals surface area contributed by atoms with Crippen molar-refractivity contribution < 1.29 is 4.79 Å². The lowest BCUT2D eigenvalue weighted by Crippen LogP contribution is -2.36. The number of hydrogen-bond donors (Lipinski definition) is 0. The van der Waals surface area contributed by atoms with Crippen molar-refractivity contribution in [1.82, 2.24) is 4.90 Å². The summed E-state index contributed by atoms with van der Waals surface area (Å²) < 4.78 is 0. The van der Waals surface area contributed by atoms with Crippen LogP contribution in [-0.2, 0) is 11.3 Å². The van der Waals surface area contributed by atoms with E-state index in [0.717, 1.165) is 43.1 Å². The molecule has 4 heteroatoms. The van der Waals surface area contributed by atoms with Gasteiger partial charge in [-0.25, -0.2) is 0 Å². The molecule has 4 nitrogen and oxygen atoms in total. The van der Waals surface area contributed by atoms with Crippen LogP contribution >= 0.6 is 0 Å². The quantitative estimate of drug-likeness (QED) is 0.578. The zero-order valence-corrected chi connectivity index (χ0v) is 17.7. The lowest BCUT2D eigenvalue weighted by atomic mass is 10.1. The van der Waals surface area contributed by atoms with Crippen LogP contribution in [0.2, 0.25) is 0 Å². The Morgan fingerprint density at radius 1 is 0.900 bits per heavy atom. The summed E-state index contributed by atoms with van der Waals surface area (Å²) in [7, 11) is 2.15. The molecule has 0 unspecified atom stereocenters. The molecule has 0 radical (unpaired) electrons. The smallest absolute Gasteiger partial charge is 0.228 e. The Bertz CT molecular complexity index is 974. The molecular weight excluding hydrogens is 370 g/mol. The number of rotatable bonds is 6. The molecule has 0 N–H and O–H groups in total. The molecule has 0 saturated carbocycles. The van der Waals surface area contributed by atoms with E-state index in [1.807, 2.05) is 47.4 Å². The Morgan fingerprint density at radius 2 is 1.50 bits per heavy atom. The van der Waals surface area contributed by atoms with Gasteiger partial charge in [-0.1, -0.05) is 60.7 Å². The fraction of sp³-hybridized carbons (Fsp3) is 0.269. The predicted octanol–water partition coefficient (Wildman–Crippen LogP) is 5.08. The molecule has 0 aromatic heterocycles. The maximum absolute atomic E-state index is 12.6. The van der Waals surface area contributed by atoms with Crippen LogP contribution in [0.1, 0.15) is 18.9 Å². The molecule has 3 aromatic rings. The zero-order chi connectivity index (χ0) is 20.9. The molecule has 1 aliphatic rings. The van der Waals surface area contributed by atoms with Crippen molar-refractivity contribution in [3.05, 3.63) is 90.5 Å². The largest absolute Gasteiger partial charge is 0.369 e. The minimum atomic E-state index is 0.0131. The van der Waals surface area contributed by atoms with Gasteiger partial charge in [0.1, 0.15) is 0 Å². The topological polar surface area (TPSA) is 26.8 Å². The van der Waals surface area contributed by atoms with Crippen molar-refractivity contribution >= 4 is 23.0 Å². The molecule has 1 saturated heterocycles. The Labute approximate surface area is 179 Å². The van der Waals surface area contributed by atoms with E-state index in [1.165, 1.54) is 5.56 Å². The van der Waals surface area contributed by atoms with Gasteiger partial charge < -0.3 is 4.90 Å². The van der Waals surface area contributed by atoms with Crippen molar-refractivity contribution in [2.45, 2.75) is 25.9 Å². The Morgan fingerprint density at radius 3 is 2.17 bits per heavy atom. The summed E-state index contributed by atoms with van der Waals surface area (Å²) in [6.45, 7) is 4.71. The van der Waals surface area contributed by atoms with Gasteiger partial charge in [-0.3, -0.25) is 14.6 Å². The Kier molecular flexibility index (Phi) is 6.15. The molecular formula is C26H29N3O. The van der Waals surface area contributed by atoms with E-state index in [1.54, 1.807) is 6.92 Å². The number of hydrogen-bond acceptors (Lipinski definition) is 3. The molecule has 1 amide bonds. The van der Waals surface area contributed by atoms with Crippen LogP contribution in [0.5, 0.6) is 0 Å². The summed E-state index contributed by atoms with van der Waals surface area (Å²) >= 11 is 0. The summed E-state index contributed by atoms with van der Waals surface area (Å²) in [6, 6.07) is 29.1. The number of likely N-dealkylation sites (tertiary alicyclic amines) is 1. The summed E-state index contributed by atoms with van der Waals surface area (Å²) in [6.07, 6.45) is 1.11. The number of para-hydroxylation sites is 3. The maximum atomic E-state index is 12.6. The number of amides is 1. The van der Waals surface area contributed by atoms with Gasteiger partial charge in [0.25, 0.3) is 0 Å². The molecule has 4 rings (SSSR count). The fourth-order valence-corrected chi connectivity index (χ4v) is 4.33. The highest BCUT2D eigenvalue weighted by atomic mass is 16.2. The highest BCUT2D eigenvalue weighted by Crippen LogP contribution is 2.36. The molecule has 154 valence electrons. The monoisotopic (exact) mass is 399 g/mol. The first-order valence-corrected chi connectivity index (χ1v) is 10.6. The summed E-state index contributed by atoms with van der Waals surface area (Å²) in [5, 5.41) is 0. The van der Waals surface area contributed by atoms with Crippen LogP contribution in [-0.4, -0.2) is 37.0 Å². The first kappa shape index (κ1) is 20.2. The van der Waals surface area contributed by atoms with Gasteiger partial charge in [-0.2, -0.15) is 0 Å². The van der Waals surface area contributed by atoms with Crippen molar-refractivity contribution in [3.63, 3.8) is 0 Å². The summed E-state index contributed by atoms with van der Waals surface area (Å²) in [5.41, 5.74) is 4.26. The summed E-state index contributed by atoms with van der Waals surface area (Å²) in [5.74, 6) is 0.0131. The Balaban J connectivity index is 1.55. The number of benzene rings is 3. The second kappa shape index (κ2) is 9.14. The second-order valence-electron chi connectivity index (χ2n) is 7.95. The van der Waals surface area contributed by atoms with Crippen LogP contribution in [0, 0.1) is 0 Å². The fourth-order valence-electron chi connectivity index (χ4n) is 4.33. The molecule has 1 heterocycles. The third-order valence-corrected chi connectivity index (χ3v) is 5.88. The average molecular weight is 400 g/mol. The van der Waals surface area contributed by atoms with Crippen LogP contribution in [0.15, 0.2) is 84.9 Å². The molecule has 1 fully saturated rings. The first-order valence-electron chi connectivity index (χ1n) is 10.6. The van der Waals surface area contributed by atoms with E-state index in [-0.39, 0.29) is 5.91 Å². The highest BCUT2D eigenvalue weighted by Gasteiger charge is 2.28. The normalized spacial score (nSPS) is 16.4. The number of nitrogens with zero attached hydrogens (tertiary/aromatic N) is 3. The number of anilines is 3. The van der Waals surface area contributed by atoms with E-state index in [2.05, 4.69) is 59.3 Å². The van der Waals surface area contributed by atoms with Crippen LogP contribution in [0.3, 0.4) is 0 Å². The first-order chi connectivity index (χ1) is 14.6. The molecule has 0 spiro atoms. The lowest BCUT2D eigenvalue weighted by Gasteiger charge is -2.32. The Hall–Kier alpha value is -3.11. The summed E-state index contributed by atoms with van der Waals surface area (Å²) in [4.78, 5) is 19.3. The van der Waals surface area contributed by atoms with E-state index >= 15 is 0 Å². The van der Waals surface area contributed by atoms with Gasteiger partial charge in [-0.05, 0) is 36.2 Å². The molecule has 0 bridgehead atoms. The molecule has 3 aromatic carbocycles. The van der Waals surface area contributed by atoms with E-state index in [0.29, 0.717) is 6.04 Å². The maximum Gasteiger partial charge on any atom is 0.228 e. The van der Waals surface area contributed by atoms with Crippen LogP contribution in [0.25, 0.3) is 0 Å². The predicted molar refractivity (Wildman–Crippen MR) is 124 cm³/mol. The standard InChI is InChI=1S/C26H29N3O/c1-21(30)29(23-13-7-4-8-14-23)26-16-10-9-15-25(26)27(2)24-17-18-28(20-24)19-22-11-5-3-6-12-22/h3-16,24H,17-20H2,1-2H3/t24-/m1/s1. The molecule has 1 atom stereocenters. The van der Waals surface area contributed by atoms with Crippen LogP contribution < -0.4 is 9.80 Å². The number of carbonyl (C=O) groups excluding carboxylic acids is 1. The molecule has 30 heavy (non-hydrogen) atoms. The van der Waals surface area contributed by atoms with Crippen molar-refractivity contribution in [2.75, 3.05) is 29.9 Å². The van der Waals surface area contributed by atoms with Gasteiger partial charge in [-0.15, -0.1) is 0 Å². The van der Waals surface area contributed by atoms with Gasteiger partial charge in [0, 0.05) is 45.3 Å². The highest BCUT2D eigenvalue weighted by molar-refractivity contribution is 6.02. The van der Waals surface area contributed by atoms with E-state index < -0.39 is 0 Å². The van der Waals surface area contributed by atoms with Gasteiger partial charge in [0.05, 0.1) is 11.4 Å². The van der Waals surface area contributed by atoms with Gasteiger partial charge in [0.2, 0.25) is 5.91 Å². The molecule has 0 aliphatic carbocycles. The van der Waals surface area contributed by atoms with Crippen LogP contribution in [0.4, 0.5) is 17.1 Å². The van der Waals surface area contributed by atoms with E-state index in [4.69, 9.17) is 0 Å². The minimum Gasteiger partial charge on any atom is -0.369 e. The zero-order valence-electron chi connectivity index (χ0n) is 17.7.